The maximum Gasteiger partial charge on any atom is 0.586 e. The first-order chi connectivity index (χ1) is 9.02. The molecule has 2 heterocycles. The number of rotatable bonds is 2. The highest BCUT2D eigenvalue weighted by Crippen LogP contribution is 2.42. The molecule has 1 N–H and O–H groups in total. The number of alkyl halides is 2. The highest BCUT2D eigenvalue weighted by Gasteiger charge is 2.43. The molecule has 2 aliphatic heterocycles. The third kappa shape index (κ3) is 2.73. The number of anilines is 1. The van der Waals surface area contributed by atoms with Crippen LogP contribution in [0.1, 0.15) is 19.8 Å². The zero-order valence-corrected chi connectivity index (χ0v) is 10.5. The quantitative estimate of drug-likeness (QED) is 0.897. The van der Waals surface area contributed by atoms with Gasteiger partial charge in [0.1, 0.15) is 0 Å². The fourth-order valence-electron chi connectivity index (χ4n) is 2.40. The van der Waals surface area contributed by atoms with Crippen LogP contribution in [0.4, 0.5) is 14.5 Å². The number of hydrogen-bond acceptors (Lipinski definition) is 4. The third-order valence-electron chi connectivity index (χ3n) is 3.26. The Morgan fingerprint density at radius 3 is 2.84 bits per heavy atom. The molecule has 104 valence electrons. The first kappa shape index (κ1) is 12.5. The molecule has 0 amide bonds. The maximum atomic E-state index is 12.9. The summed E-state index contributed by atoms with van der Waals surface area (Å²) in [7, 11) is 0. The Morgan fingerprint density at radius 2 is 2.05 bits per heavy atom. The molecule has 4 nitrogen and oxygen atoms in total. The van der Waals surface area contributed by atoms with Crippen LogP contribution in [-0.4, -0.2) is 25.0 Å². The SMILES string of the molecule is CC1CC(Nc2ccc3c(c2)OC(F)(F)O3)CCO1. The molecule has 2 atom stereocenters. The number of ether oxygens (including phenoxy) is 3. The molecular formula is C13H15F2NO3. The van der Waals surface area contributed by atoms with Gasteiger partial charge in [0, 0.05) is 24.4 Å². The lowest BCUT2D eigenvalue weighted by Gasteiger charge is -2.28. The Morgan fingerprint density at radius 1 is 1.26 bits per heavy atom. The van der Waals surface area contributed by atoms with Crippen molar-refractivity contribution in [2.75, 3.05) is 11.9 Å². The van der Waals surface area contributed by atoms with Crippen molar-refractivity contribution in [3.05, 3.63) is 18.2 Å². The second kappa shape index (κ2) is 4.52. The second-order valence-electron chi connectivity index (χ2n) is 4.88. The molecule has 0 radical (unpaired) electrons. The maximum absolute atomic E-state index is 12.9. The van der Waals surface area contributed by atoms with Gasteiger partial charge in [-0.05, 0) is 31.9 Å². The summed E-state index contributed by atoms with van der Waals surface area (Å²) < 4.78 is 40.0. The molecule has 0 spiro atoms. The van der Waals surface area contributed by atoms with Gasteiger partial charge >= 0.3 is 6.29 Å². The van der Waals surface area contributed by atoms with E-state index < -0.39 is 6.29 Å². The van der Waals surface area contributed by atoms with E-state index in [1.165, 1.54) is 12.1 Å². The lowest BCUT2D eigenvalue weighted by molar-refractivity contribution is -0.286. The molecule has 1 aromatic rings. The average Bonchev–Trinajstić information content (AvgIpc) is 2.62. The van der Waals surface area contributed by atoms with Crippen LogP contribution in [0.3, 0.4) is 0 Å². The largest absolute Gasteiger partial charge is 0.586 e. The van der Waals surface area contributed by atoms with Gasteiger partial charge in [0.05, 0.1) is 6.10 Å². The Kier molecular flexibility index (Phi) is 2.97. The van der Waals surface area contributed by atoms with E-state index in [-0.39, 0.29) is 23.6 Å². The molecular weight excluding hydrogens is 256 g/mol. The highest BCUT2D eigenvalue weighted by atomic mass is 19.3. The van der Waals surface area contributed by atoms with Crippen LogP contribution in [0, 0.1) is 0 Å². The van der Waals surface area contributed by atoms with Crippen molar-refractivity contribution >= 4 is 5.69 Å². The van der Waals surface area contributed by atoms with Gasteiger partial charge in [0.2, 0.25) is 0 Å². The monoisotopic (exact) mass is 271 g/mol. The molecule has 19 heavy (non-hydrogen) atoms. The van der Waals surface area contributed by atoms with Gasteiger partial charge < -0.3 is 19.5 Å². The van der Waals surface area contributed by atoms with Crippen LogP contribution in [-0.2, 0) is 4.74 Å². The van der Waals surface area contributed by atoms with Crippen molar-refractivity contribution in [1.82, 2.24) is 0 Å². The Hall–Kier alpha value is -1.56. The van der Waals surface area contributed by atoms with E-state index in [0.717, 1.165) is 18.5 Å². The number of benzene rings is 1. The molecule has 6 heteroatoms. The summed E-state index contributed by atoms with van der Waals surface area (Å²) >= 11 is 0. The number of hydrogen-bond donors (Lipinski definition) is 1. The van der Waals surface area contributed by atoms with E-state index in [9.17, 15) is 8.78 Å². The van der Waals surface area contributed by atoms with Crippen molar-refractivity contribution < 1.29 is 23.0 Å². The van der Waals surface area contributed by atoms with Crippen molar-refractivity contribution in [3.8, 4) is 11.5 Å². The summed E-state index contributed by atoms with van der Waals surface area (Å²) in [6.07, 6.45) is -1.56. The van der Waals surface area contributed by atoms with Gasteiger partial charge in [0.25, 0.3) is 0 Å². The molecule has 1 aromatic carbocycles. The van der Waals surface area contributed by atoms with E-state index in [0.29, 0.717) is 6.61 Å². The fraction of sp³-hybridized carbons (Fsp3) is 0.538. The summed E-state index contributed by atoms with van der Waals surface area (Å²) in [5, 5.41) is 3.31. The van der Waals surface area contributed by atoms with Crippen molar-refractivity contribution in [2.24, 2.45) is 0 Å². The minimum absolute atomic E-state index is 0.0649. The van der Waals surface area contributed by atoms with Gasteiger partial charge in [0.15, 0.2) is 11.5 Å². The molecule has 1 saturated heterocycles. The molecule has 0 saturated carbocycles. The van der Waals surface area contributed by atoms with Crippen LogP contribution in [0.5, 0.6) is 11.5 Å². The second-order valence-corrected chi connectivity index (χ2v) is 4.88. The smallest absolute Gasteiger partial charge is 0.395 e. The van der Waals surface area contributed by atoms with Crippen molar-refractivity contribution in [1.29, 1.82) is 0 Å². The molecule has 2 aliphatic rings. The third-order valence-corrected chi connectivity index (χ3v) is 3.26. The van der Waals surface area contributed by atoms with Crippen LogP contribution >= 0.6 is 0 Å². The first-order valence-electron chi connectivity index (χ1n) is 6.30. The summed E-state index contributed by atoms with van der Waals surface area (Å²) in [4.78, 5) is 0. The summed E-state index contributed by atoms with van der Waals surface area (Å²) in [6, 6.07) is 5.02. The zero-order chi connectivity index (χ0) is 13.5. The normalized spacial score (nSPS) is 28.2. The number of fused-ring (bicyclic) bond motifs is 1. The first-order valence-corrected chi connectivity index (χ1v) is 6.30. The Labute approximate surface area is 109 Å². The van der Waals surface area contributed by atoms with Crippen LogP contribution in [0.2, 0.25) is 0 Å². The molecule has 3 rings (SSSR count). The van der Waals surface area contributed by atoms with E-state index in [4.69, 9.17) is 4.74 Å². The minimum Gasteiger partial charge on any atom is -0.395 e. The van der Waals surface area contributed by atoms with Gasteiger partial charge in [-0.15, -0.1) is 8.78 Å². The zero-order valence-electron chi connectivity index (χ0n) is 10.5. The van der Waals surface area contributed by atoms with Gasteiger partial charge in [-0.2, -0.15) is 0 Å². The predicted molar refractivity (Wildman–Crippen MR) is 64.7 cm³/mol. The number of nitrogens with one attached hydrogen (secondary N) is 1. The van der Waals surface area contributed by atoms with E-state index in [2.05, 4.69) is 14.8 Å². The minimum atomic E-state index is -3.56. The van der Waals surface area contributed by atoms with Gasteiger partial charge in [-0.3, -0.25) is 0 Å². The average molecular weight is 271 g/mol. The van der Waals surface area contributed by atoms with Crippen LogP contribution < -0.4 is 14.8 Å². The Bertz CT molecular complexity index is 481. The molecule has 0 bridgehead atoms. The topological polar surface area (TPSA) is 39.7 Å². The predicted octanol–water partition coefficient (Wildman–Crippen LogP) is 2.99. The summed E-state index contributed by atoms with van der Waals surface area (Å²) in [5.74, 6) is 0.131. The van der Waals surface area contributed by atoms with Crippen LogP contribution in [0.25, 0.3) is 0 Å². The molecule has 0 aliphatic carbocycles. The molecule has 1 fully saturated rings. The molecule has 0 aromatic heterocycles. The van der Waals surface area contributed by atoms with E-state index >= 15 is 0 Å². The summed E-state index contributed by atoms with van der Waals surface area (Å²) in [6.45, 7) is 2.73. The van der Waals surface area contributed by atoms with Gasteiger partial charge in [-0.25, -0.2) is 0 Å². The van der Waals surface area contributed by atoms with Crippen molar-refractivity contribution in [2.45, 2.75) is 38.2 Å². The molecule has 2 unspecified atom stereocenters. The van der Waals surface area contributed by atoms with E-state index in [1.54, 1.807) is 6.07 Å². The Balaban J connectivity index is 1.70. The number of halogens is 2. The highest BCUT2D eigenvalue weighted by molar-refractivity contribution is 5.56. The lowest BCUT2D eigenvalue weighted by Crippen LogP contribution is -2.32. The van der Waals surface area contributed by atoms with Gasteiger partial charge in [-0.1, -0.05) is 0 Å². The van der Waals surface area contributed by atoms with Crippen LogP contribution in [0.15, 0.2) is 18.2 Å². The van der Waals surface area contributed by atoms with E-state index in [1.807, 2.05) is 6.92 Å². The standard InChI is InChI=1S/C13H15F2NO3/c1-8-6-10(4-5-17-8)16-9-2-3-11-12(7-9)19-13(14,15)18-11/h2-3,7-8,10,16H,4-6H2,1H3. The lowest BCUT2D eigenvalue weighted by atomic mass is 10.0. The fourth-order valence-corrected chi connectivity index (χ4v) is 2.40. The van der Waals surface area contributed by atoms with Crippen molar-refractivity contribution in [3.63, 3.8) is 0 Å². The summed E-state index contributed by atoms with van der Waals surface area (Å²) in [5.41, 5.74) is 0.749.